The summed E-state index contributed by atoms with van der Waals surface area (Å²) >= 11 is 0. The Kier molecular flexibility index (Phi) is 5.00. The fourth-order valence-corrected chi connectivity index (χ4v) is 3.88. The van der Waals surface area contributed by atoms with E-state index in [2.05, 4.69) is 15.0 Å². The molecule has 0 radical (unpaired) electrons. The second-order valence-electron chi connectivity index (χ2n) is 7.06. The van der Waals surface area contributed by atoms with Gasteiger partial charge < -0.3 is 5.73 Å². The van der Waals surface area contributed by atoms with E-state index in [4.69, 9.17) is 5.73 Å². The average Bonchev–Trinajstić information content (AvgIpc) is 3.06. The van der Waals surface area contributed by atoms with Crippen LogP contribution < -0.4 is 5.73 Å². The normalized spacial score (nSPS) is 17.7. The van der Waals surface area contributed by atoms with E-state index in [-0.39, 0.29) is 25.4 Å². The second kappa shape index (κ2) is 7.59. The topological polar surface area (TPSA) is 67.9 Å². The van der Waals surface area contributed by atoms with Gasteiger partial charge >= 0.3 is 0 Å². The molecule has 144 valence electrons. The number of pyridine rings is 3. The lowest BCUT2D eigenvalue weighted by molar-refractivity contribution is 0.00632. The van der Waals surface area contributed by atoms with Crippen molar-refractivity contribution in [1.82, 2.24) is 19.9 Å². The zero-order valence-corrected chi connectivity index (χ0v) is 15.2. The SMILES string of the molecule is Nc1cccc(C(C(c2cccnc2)c2cccnc2)N2CCC(F)(F)C2)n1. The molecule has 4 rings (SSSR count). The van der Waals surface area contributed by atoms with Crippen LogP contribution in [0.3, 0.4) is 0 Å². The number of rotatable bonds is 5. The van der Waals surface area contributed by atoms with Gasteiger partial charge in [-0.25, -0.2) is 13.8 Å². The van der Waals surface area contributed by atoms with Crippen molar-refractivity contribution in [2.75, 3.05) is 18.8 Å². The smallest absolute Gasteiger partial charge is 0.261 e. The van der Waals surface area contributed by atoms with Gasteiger partial charge in [-0.05, 0) is 35.4 Å². The Labute approximate surface area is 162 Å². The van der Waals surface area contributed by atoms with Crippen LogP contribution in [0.5, 0.6) is 0 Å². The van der Waals surface area contributed by atoms with Crippen molar-refractivity contribution in [3.05, 3.63) is 84.1 Å². The minimum Gasteiger partial charge on any atom is -0.384 e. The number of nitrogens with two attached hydrogens (primary N) is 1. The number of hydrogen-bond donors (Lipinski definition) is 1. The number of nitrogen functional groups attached to an aromatic ring is 1. The van der Waals surface area contributed by atoms with Crippen LogP contribution in [0.1, 0.15) is 35.2 Å². The highest BCUT2D eigenvalue weighted by Gasteiger charge is 2.44. The molecule has 5 nitrogen and oxygen atoms in total. The van der Waals surface area contributed by atoms with Crippen LogP contribution in [-0.4, -0.2) is 38.9 Å². The van der Waals surface area contributed by atoms with Crippen LogP contribution in [0.15, 0.2) is 67.3 Å². The minimum absolute atomic E-state index is 0.168. The summed E-state index contributed by atoms with van der Waals surface area (Å²) in [5.41, 5.74) is 8.42. The number of aromatic nitrogens is 3. The van der Waals surface area contributed by atoms with Gasteiger partial charge in [0.15, 0.2) is 0 Å². The summed E-state index contributed by atoms with van der Waals surface area (Å²) in [6, 6.07) is 12.5. The van der Waals surface area contributed by atoms with Crippen molar-refractivity contribution >= 4 is 5.82 Å². The van der Waals surface area contributed by atoms with Crippen molar-refractivity contribution in [2.24, 2.45) is 0 Å². The molecular weight excluding hydrogens is 360 g/mol. The molecule has 1 atom stereocenters. The molecule has 3 aromatic heterocycles. The number of halogens is 2. The fraction of sp³-hybridized carbons (Fsp3) is 0.286. The zero-order valence-electron chi connectivity index (χ0n) is 15.2. The van der Waals surface area contributed by atoms with Gasteiger partial charge in [-0.1, -0.05) is 18.2 Å². The van der Waals surface area contributed by atoms with E-state index in [0.29, 0.717) is 11.5 Å². The molecule has 2 N–H and O–H groups in total. The monoisotopic (exact) mass is 381 g/mol. The molecule has 7 heteroatoms. The van der Waals surface area contributed by atoms with Gasteiger partial charge in [0.25, 0.3) is 5.92 Å². The molecule has 28 heavy (non-hydrogen) atoms. The predicted octanol–water partition coefficient (Wildman–Crippen LogP) is 3.67. The van der Waals surface area contributed by atoms with Gasteiger partial charge in [0.05, 0.1) is 18.3 Å². The highest BCUT2D eigenvalue weighted by molar-refractivity contribution is 5.37. The van der Waals surface area contributed by atoms with Gasteiger partial charge in [-0.3, -0.25) is 14.9 Å². The number of likely N-dealkylation sites (tertiary alicyclic amines) is 1. The molecule has 1 fully saturated rings. The van der Waals surface area contributed by atoms with E-state index in [9.17, 15) is 8.78 Å². The lowest BCUT2D eigenvalue weighted by Crippen LogP contribution is -2.34. The summed E-state index contributed by atoms with van der Waals surface area (Å²) in [7, 11) is 0. The molecule has 0 bridgehead atoms. The predicted molar refractivity (Wildman–Crippen MR) is 103 cm³/mol. The summed E-state index contributed by atoms with van der Waals surface area (Å²) in [6.45, 7) is -0.0314. The van der Waals surface area contributed by atoms with Gasteiger partial charge in [0.1, 0.15) is 5.82 Å². The van der Waals surface area contributed by atoms with Crippen molar-refractivity contribution in [2.45, 2.75) is 24.3 Å². The Morgan fingerprint density at radius 2 is 1.64 bits per heavy atom. The molecule has 4 heterocycles. The molecule has 0 aromatic carbocycles. The molecule has 0 spiro atoms. The Bertz CT molecular complexity index is 881. The summed E-state index contributed by atoms with van der Waals surface area (Å²) in [4.78, 5) is 14.8. The lowest BCUT2D eigenvalue weighted by Gasteiger charge is -2.34. The van der Waals surface area contributed by atoms with Crippen molar-refractivity contribution in [1.29, 1.82) is 0 Å². The highest BCUT2D eigenvalue weighted by atomic mass is 19.3. The summed E-state index contributed by atoms with van der Waals surface area (Å²) in [5, 5.41) is 0. The van der Waals surface area contributed by atoms with Crippen molar-refractivity contribution in [3.8, 4) is 0 Å². The van der Waals surface area contributed by atoms with E-state index < -0.39 is 12.0 Å². The van der Waals surface area contributed by atoms with E-state index in [1.54, 1.807) is 35.8 Å². The van der Waals surface area contributed by atoms with E-state index in [1.807, 2.05) is 36.4 Å². The third-order valence-electron chi connectivity index (χ3n) is 5.09. The molecule has 1 saturated heterocycles. The van der Waals surface area contributed by atoms with Gasteiger partial charge in [0.2, 0.25) is 0 Å². The molecular formula is C21H21F2N5. The van der Waals surface area contributed by atoms with Crippen LogP contribution in [0.25, 0.3) is 0 Å². The molecule has 1 aliphatic rings. The maximum atomic E-state index is 14.1. The number of alkyl halides is 2. The van der Waals surface area contributed by atoms with E-state index in [0.717, 1.165) is 11.1 Å². The van der Waals surface area contributed by atoms with Gasteiger partial charge in [0, 0.05) is 43.7 Å². The third-order valence-corrected chi connectivity index (χ3v) is 5.09. The average molecular weight is 381 g/mol. The molecule has 3 aromatic rings. The maximum absolute atomic E-state index is 14.1. The van der Waals surface area contributed by atoms with Crippen LogP contribution in [0.2, 0.25) is 0 Å². The highest BCUT2D eigenvalue weighted by Crippen LogP contribution is 2.43. The first-order valence-corrected chi connectivity index (χ1v) is 9.18. The van der Waals surface area contributed by atoms with E-state index >= 15 is 0 Å². The maximum Gasteiger partial charge on any atom is 0.261 e. The number of nitrogens with zero attached hydrogens (tertiary/aromatic N) is 4. The summed E-state index contributed by atoms with van der Waals surface area (Å²) in [5.74, 6) is -2.61. The Balaban J connectivity index is 1.86. The number of anilines is 1. The van der Waals surface area contributed by atoms with Gasteiger partial charge in [-0.2, -0.15) is 0 Å². The molecule has 0 aliphatic carbocycles. The summed E-state index contributed by atoms with van der Waals surface area (Å²) < 4.78 is 28.2. The molecule has 1 unspecified atom stereocenters. The van der Waals surface area contributed by atoms with Crippen LogP contribution in [0, 0.1) is 0 Å². The Hall–Kier alpha value is -2.93. The van der Waals surface area contributed by atoms with Crippen molar-refractivity contribution in [3.63, 3.8) is 0 Å². The first-order valence-electron chi connectivity index (χ1n) is 9.18. The minimum atomic E-state index is -2.72. The first-order chi connectivity index (χ1) is 13.5. The fourth-order valence-electron chi connectivity index (χ4n) is 3.88. The Morgan fingerprint density at radius 3 is 2.14 bits per heavy atom. The van der Waals surface area contributed by atoms with Gasteiger partial charge in [-0.15, -0.1) is 0 Å². The van der Waals surface area contributed by atoms with Crippen molar-refractivity contribution < 1.29 is 8.78 Å². The van der Waals surface area contributed by atoms with Crippen LogP contribution in [0.4, 0.5) is 14.6 Å². The quantitative estimate of drug-likeness (QED) is 0.730. The zero-order chi connectivity index (χ0) is 19.6. The third kappa shape index (κ3) is 3.84. The standard InChI is InChI=1S/C21H21F2N5/c22-21(23)8-11-28(14-21)20(17-6-1-7-18(24)27-17)19(15-4-2-9-25-12-15)16-5-3-10-26-13-16/h1-7,9-10,12-13,19-20H,8,11,14H2,(H2,24,27). The molecule has 1 aliphatic heterocycles. The first kappa shape index (κ1) is 18.4. The Morgan fingerprint density at radius 1 is 0.964 bits per heavy atom. The van der Waals surface area contributed by atoms with Crippen LogP contribution >= 0.6 is 0 Å². The lowest BCUT2D eigenvalue weighted by atomic mass is 9.84. The molecule has 0 saturated carbocycles. The summed E-state index contributed by atoms with van der Waals surface area (Å²) in [6.07, 6.45) is 6.76. The second-order valence-corrected chi connectivity index (χ2v) is 7.06. The largest absolute Gasteiger partial charge is 0.384 e. The number of hydrogen-bond acceptors (Lipinski definition) is 5. The van der Waals surface area contributed by atoms with Crippen LogP contribution in [-0.2, 0) is 0 Å². The van der Waals surface area contributed by atoms with E-state index in [1.165, 1.54) is 0 Å². The molecule has 0 amide bonds.